The summed E-state index contributed by atoms with van der Waals surface area (Å²) < 4.78 is 0. The molecule has 1 aliphatic rings. The lowest BCUT2D eigenvalue weighted by atomic mass is 10.3. The van der Waals surface area contributed by atoms with Gasteiger partial charge in [0.15, 0.2) is 0 Å². The molecule has 0 spiro atoms. The Kier molecular flexibility index (Phi) is 1.54. The van der Waals surface area contributed by atoms with Crippen molar-refractivity contribution in [3.63, 3.8) is 0 Å². The van der Waals surface area contributed by atoms with Crippen LogP contribution in [-0.4, -0.2) is 0 Å². The molecule has 0 heterocycles. The van der Waals surface area contributed by atoms with Gasteiger partial charge in [-0.1, -0.05) is 23.8 Å². The Bertz CT molecular complexity index is 173. The third-order valence-electron chi connectivity index (χ3n) is 1.07. The minimum Gasteiger partial charge on any atom is -0.0843 e. The highest BCUT2D eigenvalue weighted by Crippen LogP contribution is 2.16. The minimum absolute atomic E-state index is 0.818. The third-order valence-corrected chi connectivity index (χ3v) is 1.31. The Hall–Kier alpha value is -0.490. The van der Waals surface area contributed by atoms with Crippen molar-refractivity contribution in [3.05, 3.63) is 34.9 Å². The molecule has 0 fully saturated rings. The van der Waals surface area contributed by atoms with Crippen molar-refractivity contribution < 1.29 is 0 Å². The first-order valence-electron chi connectivity index (χ1n) is 2.54. The first-order valence-corrected chi connectivity index (χ1v) is 2.92. The average molecular weight is 127 g/mol. The zero-order chi connectivity index (χ0) is 5.98. The van der Waals surface area contributed by atoms with E-state index < -0.39 is 0 Å². The lowest BCUT2D eigenvalue weighted by Crippen LogP contribution is -1.59. The van der Waals surface area contributed by atoms with Crippen molar-refractivity contribution in [2.45, 2.75) is 6.92 Å². The zero-order valence-corrected chi connectivity index (χ0v) is 5.44. The molecule has 0 saturated heterocycles. The number of rotatable bonds is 0. The van der Waals surface area contributed by atoms with Crippen molar-refractivity contribution in [2.75, 3.05) is 0 Å². The normalized spacial score (nSPS) is 22.2. The Balaban J connectivity index is 2.84. The van der Waals surface area contributed by atoms with E-state index in [1.807, 2.05) is 31.2 Å². The van der Waals surface area contributed by atoms with E-state index in [-0.39, 0.29) is 0 Å². The number of halogens is 1. The highest BCUT2D eigenvalue weighted by molar-refractivity contribution is 6.31. The summed E-state index contributed by atoms with van der Waals surface area (Å²) in [5, 5.41) is 0.818. The van der Waals surface area contributed by atoms with E-state index in [1.165, 1.54) is 5.57 Å². The third kappa shape index (κ3) is 1.01. The van der Waals surface area contributed by atoms with Gasteiger partial charge in [-0.15, -0.1) is 0 Å². The maximum atomic E-state index is 5.62. The molecule has 8 heavy (non-hydrogen) atoms. The second kappa shape index (κ2) is 2.19. The lowest BCUT2D eigenvalue weighted by Gasteiger charge is -1.79. The van der Waals surface area contributed by atoms with Gasteiger partial charge in [0.25, 0.3) is 0 Å². The Morgan fingerprint density at radius 1 is 1.50 bits per heavy atom. The molecule has 1 heteroatoms. The monoisotopic (exact) mass is 126 g/mol. The van der Waals surface area contributed by atoms with E-state index in [0.29, 0.717) is 0 Å². The molecule has 0 radical (unpaired) electrons. The van der Waals surface area contributed by atoms with Crippen molar-refractivity contribution in [3.8, 4) is 0 Å². The predicted molar refractivity (Wildman–Crippen MR) is 36.8 cm³/mol. The molecule has 0 unspecified atom stereocenters. The molecule has 1 aliphatic carbocycles. The van der Waals surface area contributed by atoms with Gasteiger partial charge in [-0.25, -0.2) is 0 Å². The fraction of sp³-hybridized carbons (Fsp3) is 0.143. The van der Waals surface area contributed by atoms with Crippen molar-refractivity contribution in [1.29, 1.82) is 0 Å². The number of allylic oxidation sites excluding steroid dienone is 6. The highest BCUT2D eigenvalue weighted by Gasteiger charge is 1.94. The van der Waals surface area contributed by atoms with Crippen LogP contribution in [0.2, 0.25) is 0 Å². The predicted octanol–water partition coefficient (Wildman–Crippen LogP) is 2.63. The molecule has 0 nitrogen and oxygen atoms in total. The summed E-state index contributed by atoms with van der Waals surface area (Å²) in [5.41, 5.74) is 1.19. The van der Waals surface area contributed by atoms with Gasteiger partial charge in [0.05, 0.1) is 0 Å². The first-order chi connectivity index (χ1) is 3.83. The van der Waals surface area contributed by atoms with E-state index in [2.05, 4.69) is 0 Å². The molecule has 0 atom stereocenters. The van der Waals surface area contributed by atoms with Gasteiger partial charge in [-0.3, -0.25) is 0 Å². The van der Waals surface area contributed by atoms with Crippen molar-refractivity contribution in [1.82, 2.24) is 0 Å². The summed E-state index contributed by atoms with van der Waals surface area (Å²) in [7, 11) is 0. The molecule has 0 saturated carbocycles. The van der Waals surface area contributed by atoms with Crippen LogP contribution in [0.25, 0.3) is 0 Å². The van der Waals surface area contributed by atoms with E-state index in [0.717, 1.165) is 5.03 Å². The summed E-state index contributed by atoms with van der Waals surface area (Å²) in [4.78, 5) is 0. The van der Waals surface area contributed by atoms with E-state index >= 15 is 0 Å². The van der Waals surface area contributed by atoms with Gasteiger partial charge in [0.1, 0.15) is 0 Å². The van der Waals surface area contributed by atoms with Gasteiger partial charge < -0.3 is 0 Å². The fourth-order valence-electron chi connectivity index (χ4n) is 0.611. The van der Waals surface area contributed by atoms with Crippen molar-refractivity contribution in [2.24, 2.45) is 0 Å². The van der Waals surface area contributed by atoms with Gasteiger partial charge in [-0.05, 0) is 24.6 Å². The van der Waals surface area contributed by atoms with Gasteiger partial charge in [-0.2, -0.15) is 0 Å². The lowest BCUT2D eigenvalue weighted by molar-refractivity contribution is 1.64. The number of hydrogen-bond donors (Lipinski definition) is 0. The fourth-order valence-corrected chi connectivity index (χ4v) is 0.800. The second-order valence-electron chi connectivity index (χ2n) is 1.65. The van der Waals surface area contributed by atoms with E-state index in [4.69, 9.17) is 11.6 Å². The summed E-state index contributed by atoms with van der Waals surface area (Å²) >= 11 is 5.62. The Labute approximate surface area is 54.2 Å². The van der Waals surface area contributed by atoms with E-state index in [1.54, 1.807) is 0 Å². The molecule has 1 rings (SSSR count). The quantitative estimate of drug-likeness (QED) is 0.468. The van der Waals surface area contributed by atoms with Crippen molar-refractivity contribution >= 4 is 11.6 Å². The summed E-state index contributed by atoms with van der Waals surface area (Å²) in [6, 6.07) is 0. The van der Waals surface area contributed by atoms with Gasteiger partial charge in [0, 0.05) is 5.03 Å². The molecule has 0 bridgehead atoms. The highest BCUT2D eigenvalue weighted by atomic mass is 35.5. The molecule has 0 amide bonds. The molecule has 0 aromatic rings. The second-order valence-corrected chi connectivity index (χ2v) is 2.09. The standard InChI is InChI=1S/C7H7Cl/c1-2-6-3-4-7(8)5-6/h2-5H,1H3. The molecule has 0 aliphatic heterocycles. The molecule has 42 valence electrons. The molecular weight excluding hydrogens is 120 g/mol. The van der Waals surface area contributed by atoms with Gasteiger partial charge >= 0.3 is 0 Å². The van der Waals surface area contributed by atoms with Crippen LogP contribution in [-0.2, 0) is 0 Å². The molecule has 0 aromatic heterocycles. The topological polar surface area (TPSA) is 0 Å². The Morgan fingerprint density at radius 3 is 2.50 bits per heavy atom. The largest absolute Gasteiger partial charge is 0.0843 e. The van der Waals surface area contributed by atoms with Crippen LogP contribution in [0.1, 0.15) is 6.92 Å². The zero-order valence-electron chi connectivity index (χ0n) is 4.69. The first kappa shape index (κ1) is 5.64. The average Bonchev–Trinajstić information content (AvgIpc) is 2.14. The summed E-state index contributed by atoms with van der Waals surface area (Å²) in [5.74, 6) is 0. The maximum absolute atomic E-state index is 5.62. The van der Waals surface area contributed by atoms with Crippen LogP contribution < -0.4 is 0 Å². The van der Waals surface area contributed by atoms with Crippen LogP contribution in [0.5, 0.6) is 0 Å². The molecule has 0 aromatic carbocycles. The van der Waals surface area contributed by atoms with Crippen LogP contribution in [0.3, 0.4) is 0 Å². The Morgan fingerprint density at radius 2 is 2.25 bits per heavy atom. The number of hydrogen-bond acceptors (Lipinski definition) is 0. The summed E-state index contributed by atoms with van der Waals surface area (Å²) in [6.07, 6.45) is 7.83. The van der Waals surface area contributed by atoms with Crippen LogP contribution >= 0.6 is 11.6 Å². The molecular formula is C7H7Cl. The summed E-state index contributed by atoms with van der Waals surface area (Å²) in [6.45, 7) is 1.99. The SMILES string of the molecule is CC=C1C=CC(Cl)=C1. The van der Waals surface area contributed by atoms with Crippen LogP contribution in [0, 0.1) is 0 Å². The molecule has 0 N–H and O–H groups in total. The van der Waals surface area contributed by atoms with Gasteiger partial charge in [0.2, 0.25) is 0 Å². The maximum Gasteiger partial charge on any atom is 0.0412 e. The van der Waals surface area contributed by atoms with Crippen LogP contribution in [0.15, 0.2) is 34.9 Å². The van der Waals surface area contributed by atoms with Crippen LogP contribution in [0.4, 0.5) is 0 Å². The smallest absolute Gasteiger partial charge is 0.0412 e. The van der Waals surface area contributed by atoms with E-state index in [9.17, 15) is 0 Å². The minimum atomic E-state index is 0.818.